The van der Waals surface area contributed by atoms with Gasteiger partial charge in [-0.1, -0.05) is 29.5 Å². The Labute approximate surface area is 126 Å². The van der Waals surface area contributed by atoms with Gasteiger partial charge >= 0.3 is 0 Å². The molecule has 0 aliphatic heterocycles. The third-order valence-electron chi connectivity index (χ3n) is 3.43. The van der Waals surface area contributed by atoms with Crippen molar-refractivity contribution >= 4 is 17.7 Å². The lowest BCUT2D eigenvalue weighted by atomic mass is 9.87. The molecule has 1 aromatic heterocycles. The van der Waals surface area contributed by atoms with Gasteiger partial charge in [0.25, 0.3) is 5.91 Å². The summed E-state index contributed by atoms with van der Waals surface area (Å²) >= 11 is 1.52. The minimum Gasteiger partial charge on any atom is -0.346 e. The summed E-state index contributed by atoms with van der Waals surface area (Å²) < 4.78 is 0. The Morgan fingerprint density at radius 1 is 1.48 bits per heavy atom. The zero-order valence-corrected chi connectivity index (χ0v) is 12.2. The second-order valence-electron chi connectivity index (χ2n) is 4.84. The zero-order valence-electron chi connectivity index (χ0n) is 11.4. The van der Waals surface area contributed by atoms with Crippen molar-refractivity contribution in [1.82, 2.24) is 25.9 Å². The molecule has 1 amide bonds. The van der Waals surface area contributed by atoms with Crippen LogP contribution in [-0.2, 0) is 5.75 Å². The first-order valence-electron chi connectivity index (χ1n) is 6.66. The molecule has 0 bridgehead atoms. The lowest BCUT2D eigenvalue weighted by Crippen LogP contribution is -2.41. The van der Waals surface area contributed by atoms with Crippen LogP contribution in [0.4, 0.5) is 0 Å². The van der Waals surface area contributed by atoms with Gasteiger partial charge in [-0.2, -0.15) is 5.21 Å². The molecule has 1 unspecified atom stereocenters. The molecular formula is C14H15N5OS. The fourth-order valence-electron chi connectivity index (χ4n) is 2.07. The fourth-order valence-corrected chi connectivity index (χ4v) is 2.97. The third-order valence-corrected chi connectivity index (χ3v) is 4.50. The number of H-pyrrole nitrogens is 1. The molecule has 21 heavy (non-hydrogen) atoms. The molecule has 108 valence electrons. The Morgan fingerprint density at radius 3 is 3.00 bits per heavy atom. The summed E-state index contributed by atoms with van der Waals surface area (Å²) in [5.41, 5.74) is 1.77. The van der Waals surface area contributed by atoms with Crippen molar-refractivity contribution in [2.24, 2.45) is 0 Å². The Hall–Kier alpha value is -2.15. The number of benzene rings is 1. The number of hydrogen-bond acceptors (Lipinski definition) is 5. The number of carbonyl (C=O) groups excluding carboxylic acids is 1. The molecule has 2 N–H and O–H groups in total. The molecule has 1 heterocycles. The summed E-state index contributed by atoms with van der Waals surface area (Å²) in [6, 6.07) is 7.65. The molecule has 2 aromatic rings. The Kier molecular flexibility index (Phi) is 4.01. The van der Waals surface area contributed by atoms with Crippen LogP contribution < -0.4 is 5.32 Å². The maximum Gasteiger partial charge on any atom is 0.252 e. The average Bonchev–Trinajstić information content (AvgIpc) is 3.02. The molecule has 0 radical (unpaired) electrons. The van der Waals surface area contributed by atoms with Crippen molar-refractivity contribution in [2.75, 3.05) is 0 Å². The monoisotopic (exact) mass is 301 g/mol. The normalized spacial score (nSPS) is 17.3. The largest absolute Gasteiger partial charge is 0.346 e. The molecule has 1 aromatic carbocycles. The summed E-state index contributed by atoms with van der Waals surface area (Å²) in [6.07, 6.45) is 1.97. The second kappa shape index (κ2) is 6.09. The number of carbonyl (C=O) groups is 1. The van der Waals surface area contributed by atoms with Crippen LogP contribution >= 0.6 is 11.8 Å². The van der Waals surface area contributed by atoms with Crippen LogP contribution in [0.5, 0.6) is 0 Å². The van der Waals surface area contributed by atoms with E-state index in [4.69, 9.17) is 0 Å². The number of aromatic amines is 1. The molecule has 1 saturated carbocycles. The molecular weight excluding hydrogens is 286 g/mol. The number of nitrogens with one attached hydrogen (secondary N) is 2. The Balaban J connectivity index is 1.69. The number of rotatable bonds is 5. The number of tetrazole rings is 1. The number of nitrogens with zero attached hydrogens (tertiary/aromatic N) is 3. The average molecular weight is 301 g/mol. The standard InChI is InChI=1S/C14H15N5OS/c1-9-6-7-11(9)15-14(20)10-4-2-3-5-12(10)21-8-13-16-18-19-17-13/h2-5,11H,1,6-8H2,(H,15,20)(H,16,17,18,19). The van der Waals surface area contributed by atoms with Crippen LogP contribution in [0, 0.1) is 0 Å². The maximum atomic E-state index is 12.4. The molecule has 1 atom stereocenters. The van der Waals surface area contributed by atoms with Crippen LogP contribution in [0.25, 0.3) is 0 Å². The van der Waals surface area contributed by atoms with Crippen LogP contribution in [0.1, 0.15) is 29.0 Å². The van der Waals surface area contributed by atoms with E-state index < -0.39 is 0 Å². The highest BCUT2D eigenvalue weighted by Gasteiger charge is 2.25. The van der Waals surface area contributed by atoms with Crippen molar-refractivity contribution in [3.63, 3.8) is 0 Å². The van der Waals surface area contributed by atoms with Gasteiger partial charge in [-0.15, -0.1) is 22.0 Å². The fraction of sp³-hybridized carbons (Fsp3) is 0.286. The summed E-state index contributed by atoms with van der Waals surface area (Å²) in [7, 11) is 0. The highest BCUT2D eigenvalue weighted by atomic mass is 32.2. The number of aromatic nitrogens is 4. The van der Waals surface area contributed by atoms with E-state index in [1.807, 2.05) is 24.3 Å². The van der Waals surface area contributed by atoms with E-state index in [0.29, 0.717) is 17.1 Å². The van der Waals surface area contributed by atoms with Crippen LogP contribution in [-0.4, -0.2) is 32.6 Å². The van der Waals surface area contributed by atoms with Crippen LogP contribution in [0.3, 0.4) is 0 Å². The van der Waals surface area contributed by atoms with Gasteiger partial charge in [-0.05, 0) is 25.0 Å². The predicted octanol–water partition coefficient (Wildman–Crippen LogP) is 1.94. The first-order valence-corrected chi connectivity index (χ1v) is 7.65. The summed E-state index contributed by atoms with van der Waals surface area (Å²) in [6.45, 7) is 3.93. The summed E-state index contributed by atoms with van der Waals surface area (Å²) in [5, 5.41) is 16.8. The molecule has 1 fully saturated rings. The van der Waals surface area contributed by atoms with Gasteiger partial charge in [0.15, 0.2) is 5.82 Å². The van der Waals surface area contributed by atoms with Gasteiger partial charge in [0, 0.05) is 4.90 Å². The van der Waals surface area contributed by atoms with Crippen molar-refractivity contribution in [2.45, 2.75) is 29.5 Å². The van der Waals surface area contributed by atoms with E-state index in [2.05, 4.69) is 32.5 Å². The van der Waals surface area contributed by atoms with Crippen LogP contribution in [0.15, 0.2) is 41.3 Å². The highest BCUT2D eigenvalue weighted by molar-refractivity contribution is 7.98. The van der Waals surface area contributed by atoms with Gasteiger partial charge in [0.1, 0.15) is 0 Å². The van der Waals surface area contributed by atoms with Gasteiger partial charge in [-0.3, -0.25) is 4.79 Å². The van der Waals surface area contributed by atoms with E-state index in [0.717, 1.165) is 23.3 Å². The van der Waals surface area contributed by atoms with Crippen molar-refractivity contribution in [1.29, 1.82) is 0 Å². The second-order valence-corrected chi connectivity index (χ2v) is 5.85. The quantitative estimate of drug-likeness (QED) is 0.651. The molecule has 3 rings (SSSR count). The Bertz CT molecular complexity index is 655. The molecule has 7 heteroatoms. The van der Waals surface area contributed by atoms with Crippen molar-refractivity contribution in [3.05, 3.63) is 47.8 Å². The molecule has 1 aliphatic carbocycles. The lowest BCUT2D eigenvalue weighted by molar-refractivity contribution is 0.0930. The van der Waals surface area contributed by atoms with E-state index in [1.165, 1.54) is 11.8 Å². The van der Waals surface area contributed by atoms with E-state index in [1.54, 1.807) is 0 Å². The Morgan fingerprint density at radius 2 is 2.33 bits per heavy atom. The first-order chi connectivity index (χ1) is 10.2. The smallest absolute Gasteiger partial charge is 0.252 e. The van der Waals surface area contributed by atoms with Gasteiger partial charge in [-0.25, -0.2) is 0 Å². The minimum absolute atomic E-state index is 0.0583. The number of thioether (sulfide) groups is 1. The predicted molar refractivity (Wildman–Crippen MR) is 79.8 cm³/mol. The van der Waals surface area contributed by atoms with Gasteiger partial charge in [0.05, 0.1) is 17.4 Å². The van der Waals surface area contributed by atoms with Crippen molar-refractivity contribution in [3.8, 4) is 0 Å². The molecule has 6 nitrogen and oxygen atoms in total. The molecule has 0 saturated heterocycles. The lowest BCUT2D eigenvalue weighted by Gasteiger charge is -2.29. The topological polar surface area (TPSA) is 83.6 Å². The molecule has 0 spiro atoms. The number of hydrogen-bond donors (Lipinski definition) is 2. The third kappa shape index (κ3) is 3.13. The minimum atomic E-state index is -0.0583. The maximum absolute atomic E-state index is 12.4. The summed E-state index contributed by atoms with van der Waals surface area (Å²) in [4.78, 5) is 13.3. The first kappa shape index (κ1) is 13.8. The van der Waals surface area contributed by atoms with Gasteiger partial charge < -0.3 is 5.32 Å². The van der Waals surface area contributed by atoms with Crippen LogP contribution in [0.2, 0.25) is 0 Å². The number of amides is 1. The van der Waals surface area contributed by atoms with Gasteiger partial charge in [0.2, 0.25) is 0 Å². The van der Waals surface area contributed by atoms with Crippen molar-refractivity contribution < 1.29 is 4.79 Å². The SMILES string of the molecule is C=C1CCC1NC(=O)c1ccccc1SCc1nn[nH]n1. The summed E-state index contributed by atoms with van der Waals surface area (Å²) in [5.74, 6) is 1.12. The zero-order chi connectivity index (χ0) is 14.7. The van der Waals surface area contributed by atoms with E-state index >= 15 is 0 Å². The van der Waals surface area contributed by atoms with E-state index in [9.17, 15) is 4.79 Å². The highest BCUT2D eigenvalue weighted by Crippen LogP contribution is 2.27. The molecule has 1 aliphatic rings. The van der Waals surface area contributed by atoms with E-state index in [-0.39, 0.29) is 11.9 Å².